The van der Waals surface area contributed by atoms with Crippen LogP contribution in [0.4, 0.5) is 10.3 Å². The summed E-state index contributed by atoms with van der Waals surface area (Å²) in [6, 6.07) is 8.13. The van der Waals surface area contributed by atoms with Crippen molar-refractivity contribution in [3.05, 3.63) is 53.6 Å². The van der Waals surface area contributed by atoms with Crippen LogP contribution in [-0.4, -0.2) is 9.97 Å². The lowest BCUT2D eigenvalue weighted by Gasteiger charge is -2.04. The number of rotatable bonds is 3. The van der Waals surface area contributed by atoms with Crippen LogP contribution in [0.25, 0.3) is 0 Å². The monoisotopic (exact) mass is 217 g/mol. The first-order valence-corrected chi connectivity index (χ1v) is 5.01. The van der Waals surface area contributed by atoms with Crippen molar-refractivity contribution in [3.8, 4) is 0 Å². The van der Waals surface area contributed by atoms with Gasteiger partial charge in [0.2, 0.25) is 5.95 Å². The van der Waals surface area contributed by atoms with Gasteiger partial charge in [0.1, 0.15) is 0 Å². The molecule has 0 aliphatic carbocycles. The summed E-state index contributed by atoms with van der Waals surface area (Å²) < 4.78 is 12.6. The second-order valence-electron chi connectivity index (χ2n) is 3.57. The van der Waals surface area contributed by atoms with Crippen LogP contribution in [0.2, 0.25) is 0 Å². The van der Waals surface area contributed by atoms with Gasteiger partial charge in [0.25, 0.3) is 0 Å². The summed E-state index contributed by atoms with van der Waals surface area (Å²) in [5, 5.41) is 3.03. The molecule has 1 N–H and O–H groups in total. The molecule has 0 atom stereocenters. The van der Waals surface area contributed by atoms with E-state index in [0.717, 1.165) is 18.0 Å². The van der Waals surface area contributed by atoms with Gasteiger partial charge >= 0.3 is 0 Å². The number of aromatic nitrogens is 2. The molecule has 0 spiro atoms. The molecular formula is C12H12FN3. The molecule has 0 saturated heterocycles. The zero-order chi connectivity index (χ0) is 11.4. The highest BCUT2D eigenvalue weighted by Crippen LogP contribution is 2.06. The van der Waals surface area contributed by atoms with Crippen LogP contribution >= 0.6 is 0 Å². The lowest BCUT2D eigenvalue weighted by Crippen LogP contribution is -2.03. The third-order valence-electron chi connectivity index (χ3n) is 2.15. The molecule has 1 aromatic heterocycles. The summed E-state index contributed by atoms with van der Waals surface area (Å²) in [7, 11) is 0. The van der Waals surface area contributed by atoms with Gasteiger partial charge in [-0.2, -0.15) is 0 Å². The van der Waals surface area contributed by atoms with Crippen molar-refractivity contribution in [1.82, 2.24) is 9.97 Å². The van der Waals surface area contributed by atoms with Gasteiger partial charge in [0.05, 0.1) is 12.4 Å². The van der Waals surface area contributed by atoms with Gasteiger partial charge in [-0.15, -0.1) is 0 Å². The number of hydrogen-bond acceptors (Lipinski definition) is 3. The van der Waals surface area contributed by atoms with E-state index in [1.807, 2.05) is 25.1 Å². The Hall–Kier alpha value is -1.97. The molecule has 0 fully saturated rings. The van der Waals surface area contributed by atoms with Gasteiger partial charge in [-0.3, -0.25) is 0 Å². The highest BCUT2D eigenvalue weighted by Gasteiger charge is 1.97. The fourth-order valence-corrected chi connectivity index (χ4v) is 1.41. The Bertz CT molecular complexity index is 468. The Labute approximate surface area is 93.4 Å². The van der Waals surface area contributed by atoms with Gasteiger partial charge in [-0.1, -0.05) is 29.8 Å². The van der Waals surface area contributed by atoms with E-state index in [0.29, 0.717) is 12.5 Å². The summed E-state index contributed by atoms with van der Waals surface area (Å²) in [6.07, 6.45) is 2.29. The number of aryl methyl sites for hydroxylation is 1. The Morgan fingerprint density at radius 1 is 1.25 bits per heavy atom. The molecule has 0 aliphatic heterocycles. The standard InChI is InChI=1S/C12H12FN3/c1-9-3-2-4-10(5-9)6-14-12-15-7-11(13)8-16-12/h2-5,7-8H,6H2,1H3,(H,14,15,16). The predicted molar refractivity (Wildman–Crippen MR) is 60.5 cm³/mol. The van der Waals surface area contributed by atoms with Gasteiger partial charge in [0, 0.05) is 6.54 Å². The zero-order valence-electron chi connectivity index (χ0n) is 8.94. The Morgan fingerprint density at radius 3 is 2.69 bits per heavy atom. The molecule has 0 unspecified atom stereocenters. The number of nitrogens with zero attached hydrogens (tertiary/aromatic N) is 2. The maximum absolute atomic E-state index is 12.6. The first-order valence-electron chi connectivity index (χ1n) is 5.01. The van der Waals surface area contributed by atoms with Crippen LogP contribution in [0.5, 0.6) is 0 Å². The topological polar surface area (TPSA) is 37.8 Å². The maximum Gasteiger partial charge on any atom is 0.223 e. The molecule has 4 heteroatoms. The van der Waals surface area contributed by atoms with E-state index in [1.54, 1.807) is 0 Å². The number of benzene rings is 1. The van der Waals surface area contributed by atoms with Crippen LogP contribution < -0.4 is 5.32 Å². The van der Waals surface area contributed by atoms with E-state index in [9.17, 15) is 4.39 Å². The van der Waals surface area contributed by atoms with Crippen molar-refractivity contribution in [3.63, 3.8) is 0 Å². The second-order valence-corrected chi connectivity index (χ2v) is 3.57. The Kier molecular flexibility index (Phi) is 3.10. The smallest absolute Gasteiger partial charge is 0.223 e. The normalized spacial score (nSPS) is 10.1. The molecule has 0 aliphatic rings. The van der Waals surface area contributed by atoms with Gasteiger partial charge < -0.3 is 5.32 Å². The van der Waals surface area contributed by atoms with Crippen LogP contribution in [-0.2, 0) is 6.54 Å². The van der Waals surface area contributed by atoms with Crippen molar-refractivity contribution >= 4 is 5.95 Å². The Balaban J connectivity index is 1.99. The highest BCUT2D eigenvalue weighted by molar-refractivity contribution is 5.28. The van der Waals surface area contributed by atoms with Crippen LogP contribution in [0.15, 0.2) is 36.7 Å². The SMILES string of the molecule is Cc1cccc(CNc2ncc(F)cn2)c1. The van der Waals surface area contributed by atoms with Crippen molar-refractivity contribution in [2.24, 2.45) is 0 Å². The average molecular weight is 217 g/mol. The van der Waals surface area contributed by atoms with Crippen molar-refractivity contribution in [1.29, 1.82) is 0 Å². The second kappa shape index (κ2) is 4.70. The summed E-state index contributed by atoms with van der Waals surface area (Å²) in [6.45, 7) is 2.67. The van der Waals surface area contributed by atoms with Crippen molar-refractivity contribution < 1.29 is 4.39 Å². The number of halogens is 1. The van der Waals surface area contributed by atoms with Gasteiger partial charge in [0.15, 0.2) is 5.82 Å². The van der Waals surface area contributed by atoms with Crippen molar-refractivity contribution in [2.75, 3.05) is 5.32 Å². The summed E-state index contributed by atoms with van der Waals surface area (Å²) in [4.78, 5) is 7.64. The molecule has 16 heavy (non-hydrogen) atoms. The molecule has 1 heterocycles. The minimum Gasteiger partial charge on any atom is -0.350 e. The van der Waals surface area contributed by atoms with E-state index in [1.165, 1.54) is 5.56 Å². The summed E-state index contributed by atoms with van der Waals surface area (Å²) in [5.74, 6) is 0.00371. The Morgan fingerprint density at radius 2 is 2.00 bits per heavy atom. The molecular weight excluding hydrogens is 205 g/mol. The maximum atomic E-state index is 12.6. The molecule has 0 bridgehead atoms. The fraction of sp³-hybridized carbons (Fsp3) is 0.167. The first kappa shape index (κ1) is 10.5. The third kappa shape index (κ3) is 2.76. The van der Waals surface area contributed by atoms with Crippen LogP contribution in [0.1, 0.15) is 11.1 Å². The predicted octanol–water partition coefficient (Wildman–Crippen LogP) is 2.54. The molecule has 82 valence electrons. The zero-order valence-corrected chi connectivity index (χ0v) is 8.94. The molecule has 3 nitrogen and oxygen atoms in total. The molecule has 1 aromatic carbocycles. The highest BCUT2D eigenvalue weighted by atomic mass is 19.1. The van der Waals surface area contributed by atoms with E-state index >= 15 is 0 Å². The minimum absolute atomic E-state index is 0.430. The third-order valence-corrected chi connectivity index (χ3v) is 2.15. The molecule has 0 radical (unpaired) electrons. The van der Waals surface area contributed by atoms with Crippen LogP contribution in [0.3, 0.4) is 0 Å². The fourth-order valence-electron chi connectivity index (χ4n) is 1.41. The average Bonchev–Trinajstić information content (AvgIpc) is 2.28. The van der Waals surface area contributed by atoms with Gasteiger partial charge in [-0.05, 0) is 12.5 Å². The van der Waals surface area contributed by atoms with E-state index in [2.05, 4.69) is 21.4 Å². The lowest BCUT2D eigenvalue weighted by molar-refractivity contribution is 0.614. The molecule has 0 saturated carbocycles. The van der Waals surface area contributed by atoms with E-state index in [-0.39, 0.29) is 0 Å². The quantitative estimate of drug-likeness (QED) is 0.858. The lowest BCUT2D eigenvalue weighted by atomic mass is 10.1. The first-order chi connectivity index (χ1) is 7.74. The van der Waals surface area contributed by atoms with E-state index < -0.39 is 5.82 Å². The number of anilines is 1. The largest absolute Gasteiger partial charge is 0.350 e. The molecule has 0 amide bonds. The molecule has 2 rings (SSSR count). The van der Waals surface area contributed by atoms with Crippen molar-refractivity contribution in [2.45, 2.75) is 13.5 Å². The number of nitrogens with one attached hydrogen (secondary N) is 1. The number of hydrogen-bond donors (Lipinski definition) is 1. The van der Waals surface area contributed by atoms with Gasteiger partial charge in [-0.25, -0.2) is 14.4 Å². The summed E-state index contributed by atoms with van der Waals surface area (Å²) >= 11 is 0. The van der Waals surface area contributed by atoms with Crippen LogP contribution in [0, 0.1) is 12.7 Å². The molecule has 2 aromatic rings. The minimum atomic E-state index is -0.430. The van der Waals surface area contributed by atoms with E-state index in [4.69, 9.17) is 0 Å². The summed E-state index contributed by atoms with van der Waals surface area (Å²) in [5.41, 5.74) is 2.35.